The number of Topliss-reactive ketones (excluding diaryl/α,β-unsaturated/α-hetero) is 1. The number of allylic oxidation sites excluding steroid dienone is 4. The van der Waals surface area contributed by atoms with E-state index in [0.29, 0.717) is 29.7 Å². The molecule has 0 aliphatic rings. The zero-order valence-electron chi connectivity index (χ0n) is 21.9. The van der Waals surface area contributed by atoms with Crippen LogP contribution in [0.5, 0.6) is 11.5 Å². The third kappa shape index (κ3) is 10.8. The standard InChI is InChI=1S/C29H40O6/c1-8-29(6,35-26-15-14-24(30)18-23(26)19-27(32)34-7)16-10-12-21(4)11-9-13-22(5)28(33)25(31)17-20(2)3/h8,12-15,17-18,25,30-31H,1,9-11,16,19H2,2-7H3. The van der Waals surface area contributed by atoms with E-state index in [1.807, 2.05) is 33.8 Å². The van der Waals surface area contributed by atoms with E-state index >= 15 is 0 Å². The van der Waals surface area contributed by atoms with Crippen molar-refractivity contribution in [1.82, 2.24) is 0 Å². The van der Waals surface area contributed by atoms with Crippen LogP contribution < -0.4 is 4.74 Å². The molecule has 0 heterocycles. The fourth-order valence-electron chi connectivity index (χ4n) is 3.43. The first-order chi connectivity index (χ1) is 16.4. The summed E-state index contributed by atoms with van der Waals surface area (Å²) in [6.45, 7) is 13.3. The molecule has 0 spiro atoms. The zero-order chi connectivity index (χ0) is 26.6. The second kappa shape index (κ2) is 14.3. The summed E-state index contributed by atoms with van der Waals surface area (Å²) in [7, 11) is 1.32. The second-order valence-corrected chi connectivity index (χ2v) is 9.23. The van der Waals surface area contributed by atoms with Crippen molar-refractivity contribution < 1.29 is 29.3 Å². The minimum atomic E-state index is -1.09. The molecule has 0 saturated heterocycles. The van der Waals surface area contributed by atoms with Crippen molar-refractivity contribution in [3.05, 3.63) is 71.4 Å². The highest BCUT2D eigenvalue weighted by Crippen LogP contribution is 2.30. The van der Waals surface area contributed by atoms with Crippen molar-refractivity contribution in [2.75, 3.05) is 7.11 Å². The molecule has 0 aliphatic carbocycles. The van der Waals surface area contributed by atoms with Crippen LogP contribution in [0.4, 0.5) is 0 Å². The largest absolute Gasteiger partial charge is 0.508 e. The molecular weight excluding hydrogens is 444 g/mol. The maximum atomic E-state index is 12.2. The van der Waals surface area contributed by atoms with Gasteiger partial charge in [-0.2, -0.15) is 0 Å². The maximum Gasteiger partial charge on any atom is 0.310 e. The van der Waals surface area contributed by atoms with Crippen LogP contribution in [-0.4, -0.2) is 40.8 Å². The minimum absolute atomic E-state index is 0.00668. The lowest BCUT2D eigenvalue weighted by atomic mass is 9.97. The minimum Gasteiger partial charge on any atom is -0.508 e. The number of benzene rings is 1. The normalized spacial score (nSPS) is 14.5. The smallest absolute Gasteiger partial charge is 0.310 e. The number of phenolic OH excluding ortho intramolecular Hbond substituents is 1. The molecule has 2 N–H and O–H groups in total. The second-order valence-electron chi connectivity index (χ2n) is 9.23. The lowest BCUT2D eigenvalue weighted by Gasteiger charge is -2.28. The van der Waals surface area contributed by atoms with Gasteiger partial charge in [0.05, 0.1) is 13.5 Å². The average molecular weight is 485 g/mol. The molecule has 0 fully saturated rings. The van der Waals surface area contributed by atoms with Crippen molar-refractivity contribution >= 4 is 11.8 Å². The Balaban J connectivity index is 2.73. The first kappa shape index (κ1) is 29.9. The van der Waals surface area contributed by atoms with Gasteiger partial charge >= 0.3 is 5.97 Å². The van der Waals surface area contributed by atoms with Gasteiger partial charge in [-0.3, -0.25) is 9.59 Å². The Morgan fingerprint density at radius 3 is 2.43 bits per heavy atom. The highest BCUT2D eigenvalue weighted by Gasteiger charge is 2.24. The molecule has 2 unspecified atom stereocenters. The van der Waals surface area contributed by atoms with Gasteiger partial charge in [-0.1, -0.05) is 29.9 Å². The highest BCUT2D eigenvalue weighted by molar-refractivity contribution is 5.99. The summed E-state index contributed by atoms with van der Waals surface area (Å²) in [6.07, 6.45) is 9.12. The van der Waals surface area contributed by atoms with Crippen molar-refractivity contribution in [1.29, 1.82) is 0 Å². The molecule has 6 nitrogen and oxygen atoms in total. The number of methoxy groups -OCH3 is 1. The van der Waals surface area contributed by atoms with Crippen LogP contribution in [0.3, 0.4) is 0 Å². The Labute approximate surface area is 209 Å². The third-order valence-corrected chi connectivity index (χ3v) is 5.65. The molecule has 0 aliphatic heterocycles. The van der Waals surface area contributed by atoms with Crippen molar-refractivity contribution in [3.63, 3.8) is 0 Å². The monoisotopic (exact) mass is 484 g/mol. The number of aromatic hydroxyl groups is 1. The molecule has 192 valence electrons. The van der Waals surface area contributed by atoms with E-state index in [1.165, 1.54) is 24.8 Å². The predicted octanol–water partition coefficient (Wildman–Crippen LogP) is 5.78. The lowest BCUT2D eigenvalue weighted by Crippen LogP contribution is -2.30. The van der Waals surface area contributed by atoms with Gasteiger partial charge in [0, 0.05) is 5.56 Å². The van der Waals surface area contributed by atoms with E-state index in [2.05, 4.69) is 12.7 Å². The van der Waals surface area contributed by atoms with Crippen molar-refractivity contribution in [3.8, 4) is 11.5 Å². The quantitative estimate of drug-likeness (QED) is 0.197. The molecule has 0 radical (unpaired) electrons. The van der Waals surface area contributed by atoms with E-state index in [9.17, 15) is 19.8 Å². The number of hydrogen-bond acceptors (Lipinski definition) is 6. The predicted molar refractivity (Wildman–Crippen MR) is 139 cm³/mol. The number of carbonyl (C=O) groups is 2. The number of aliphatic hydroxyl groups excluding tert-OH is 1. The number of phenols is 1. The van der Waals surface area contributed by atoms with Crippen LogP contribution in [0.1, 0.15) is 65.9 Å². The fourth-order valence-corrected chi connectivity index (χ4v) is 3.43. The summed E-state index contributed by atoms with van der Waals surface area (Å²) in [5, 5.41) is 19.7. The summed E-state index contributed by atoms with van der Waals surface area (Å²) in [6, 6.07) is 4.66. The number of carbonyl (C=O) groups excluding carboxylic acids is 2. The first-order valence-corrected chi connectivity index (χ1v) is 11.8. The van der Waals surface area contributed by atoms with Gasteiger partial charge in [0.1, 0.15) is 23.2 Å². The molecular formula is C29H40O6. The van der Waals surface area contributed by atoms with Gasteiger partial charge in [-0.25, -0.2) is 0 Å². The molecule has 1 aromatic rings. The number of ether oxygens (including phenoxy) is 2. The van der Waals surface area contributed by atoms with Crippen LogP contribution in [0.2, 0.25) is 0 Å². The van der Waals surface area contributed by atoms with E-state index in [1.54, 1.807) is 25.1 Å². The SMILES string of the molecule is C=CC(C)(CCC=C(C)CCC=C(C)C(=O)C(O)C=C(C)C)Oc1ccc(O)cc1CC(=O)OC. The number of ketones is 1. The van der Waals surface area contributed by atoms with Gasteiger partial charge in [-0.05, 0) is 96.2 Å². The van der Waals surface area contributed by atoms with Gasteiger partial charge < -0.3 is 19.7 Å². The molecule has 1 rings (SSSR count). The van der Waals surface area contributed by atoms with Crippen molar-refractivity contribution in [2.45, 2.75) is 78.4 Å². The maximum absolute atomic E-state index is 12.2. The molecule has 6 heteroatoms. The Bertz CT molecular complexity index is 981. The summed E-state index contributed by atoms with van der Waals surface area (Å²) >= 11 is 0. The average Bonchev–Trinajstić information content (AvgIpc) is 2.79. The van der Waals surface area contributed by atoms with E-state index < -0.39 is 17.7 Å². The highest BCUT2D eigenvalue weighted by atomic mass is 16.5. The molecule has 1 aromatic carbocycles. The lowest BCUT2D eigenvalue weighted by molar-refractivity contribution is -0.139. The Kier molecular flexibility index (Phi) is 12.2. The van der Waals surface area contributed by atoms with Crippen LogP contribution >= 0.6 is 0 Å². The summed E-state index contributed by atoms with van der Waals surface area (Å²) < 4.78 is 11.0. The van der Waals surface area contributed by atoms with Gasteiger partial charge in [0.25, 0.3) is 0 Å². The van der Waals surface area contributed by atoms with E-state index in [4.69, 9.17) is 9.47 Å². The van der Waals surface area contributed by atoms with Crippen LogP contribution in [0.15, 0.2) is 65.8 Å². The summed E-state index contributed by atoms with van der Waals surface area (Å²) in [5.41, 5.74) is 2.52. The van der Waals surface area contributed by atoms with Gasteiger partial charge in [0.15, 0.2) is 5.78 Å². The Morgan fingerprint density at radius 1 is 1.14 bits per heavy atom. The van der Waals surface area contributed by atoms with E-state index in [-0.39, 0.29) is 18.0 Å². The molecule has 0 saturated carbocycles. The number of aliphatic hydroxyl groups is 1. The topological polar surface area (TPSA) is 93.1 Å². The summed E-state index contributed by atoms with van der Waals surface area (Å²) in [5.74, 6) is -0.145. The third-order valence-electron chi connectivity index (χ3n) is 5.65. The molecule has 0 amide bonds. The van der Waals surface area contributed by atoms with Gasteiger partial charge in [0.2, 0.25) is 0 Å². The molecule has 35 heavy (non-hydrogen) atoms. The Morgan fingerprint density at radius 2 is 1.83 bits per heavy atom. The zero-order valence-corrected chi connectivity index (χ0v) is 21.9. The number of hydrogen-bond donors (Lipinski definition) is 2. The van der Waals surface area contributed by atoms with Crippen LogP contribution in [0.25, 0.3) is 0 Å². The molecule has 0 bridgehead atoms. The van der Waals surface area contributed by atoms with E-state index in [0.717, 1.165) is 18.4 Å². The molecule has 0 aromatic heterocycles. The summed E-state index contributed by atoms with van der Waals surface area (Å²) in [4.78, 5) is 23.9. The van der Waals surface area contributed by atoms with Crippen molar-refractivity contribution in [2.24, 2.45) is 0 Å². The fraction of sp³-hybridized carbons (Fsp3) is 0.448. The Hall–Kier alpha value is -3.12. The van der Waals surface area contributed by atoms with Crippen LogP contribution in [0, 0.1) is 0 Å². The number of esters is 1. The first-order valence-electron chi connectivity index (χ1n) is 11.8. The van der Waals surface area contributed by atoms with Crippen LogP contribution in [-0.2, 0) is 20.7 Å². The van der Waals surface area contributed by atoms with Gasteiger partial charge in [-0.15, -0.1) is 0 Å². The number of rotatable bonds is 14. The molecule has 2 atom stereocenters.